The van der Waals surface area contributed by atoms with Crippen molar-refractivity contribution in [2.75, 3.05) is 26.9 Å². The summed E-state index contributed by atoms with van der Waals surface area (Å²) in [5.74, 6) is 3.81. The SMILES string of the molecule is C#CCOC[C@H]1O[C@H](O[C@H]2[C@H](OCc3ccccc3)[C@@H](OCc3ccccc3)[C@H](Oc3ccc(OC)cc3)O[C@@H]2COCc2ccccc2)[C@H](OCc2ccccc2)[C@@H](OCc2ccccc2)[C@@H]1OCc1ccccc1. The summed E-state index contributed by atoms with van der Waals surface area (Å²) in [6, 6.07) is 67.1. The first-order valence-corrected chi connectivity index (χ1v) is 25.8. The zero-order valence-corrected chi connectivity index (χ0v) is 42.7. The van der Waals surface area contributed by atoms with Gasteiger partial charge < -0.3 is 56.8 Å². The van der Waals surface area contributed by atoms with Crippen LogP contribution in [0.2, 0.25) is 0 Å². The van der Waals surface area contributed by atoms with Crippen molar-refractivity contribution in [1.82, 2.24) is 0 Å². The largest absolute Gasteiger partial charge is 0.497 e. The van der Waals surface area contributed by atoms with Crippen LogP contribution in [0.25, 0.3) is 0 Å². The van der Waals surface area contributed by atoms with E-state index < -0.39 is 61.4 Å². The van der Waals surface area contributed by atoms with Gasteiger partial charge in [0.05, 0.1) is 60.0 Å². The quantitative estimate of drug-likeness (QED) is 0.0361. The lowest BCUT2D eigenvalue weighted by Gasteiger charge is -2.50. The first-order chi connectivity index (χ1) is 37.6. The molecule has 0 N–H and O–H groups in total. The van der Waals surface area contributed by atoms with Gasteiger partial charge in [0.15, 0.2) is 6.29 Å². The molecule has 12 nitrogen and oxygen atoms in total. The van der Waals surface area contributed by atoms with Crippen LogP contribution in [-0.4, -0.2) is 88.3 Å². The van der Waals surface area contributed by atoms with Crippen LogP contribution in [0.5, 0.6) is 11.5 Å². The van der Waals surface area contributed by atoms with Crippen LogP contribution in [0.15, 0.2) is 206 Å². The van der Waals surface area contributed by atoms with E-state index in [0.717, 1.165) is 33.4 Å². The molecule has 0 amide bonds. The molecule has 0 spiro atoms. The summed E-state index contributed by atoms with van der Waals surface area (Å²) in [4.78, 5) is 0. The van der Waals surface area contributed by atoms with Crippen LogP contribution in [0.4, 0.5) is 0 Å². The van der Waals surface area contributed by atoms with Gasteiger partial charge in [-0.15, -0.1) is 6.42 Å². The Balaban J connectivity index is 1.13. The topological polar surface area (TPSA) is 111 Å². The van der Waals surface area contributed by atoms with Gasteiger partial charge in [-0.05, 0) is 57.6 Å². The second kappa shape index (κ2) is 29.0. The molecule has 0 saturated carbocycles. The number of methoxy groups -OCH3 is 1. The third kappa shape index (κ3) is 15.7. The third-order valence-electron chi connectivity index (χ3n) is 13.1. The molecular weight excluding hydrogens is 961 g/mol. The molecule has 0 unspecified atom stereocenters. The molecule has 0 radical (unpaired) electrons. The van der Waals surface area contributed by atoms with E-state index >= 15 is 0 Å². The number of terminal acetylenes is 1. The van der Waals surface area contributed by atoms with Gasteiger partial charge in [-0.25, -0.2) is 0 Å². The van der Waals surface area contributed by atoms with Gasteiger partial charge in [-0.2, -0.15) is 0 Å². The summed E-state index contributed by atoms with van der Waals surface area (Å²) in [6.07, 6.45) is -3.17. The van der Waals surface area contributed by atoms with Crippen molar-refractivity contribution < 1.29 is 56.8 Å². The van der Waals surface area contributed by atoms with Crippen molar-refractivity contribution in [2.45, 2.75) is 101 Å². The van der Waals surface area contributed by atoms with Gasteiger partial charge in [0.1, 0.15) is 66.9 Å². The fourth-order valence-corrected chi connectivity index (χ4v) is 9.20. The zero-order valence-electron chi connectivity index (χ0n) is 42.7. The monoisotopic (exact) mass is 1030 g/mol. The van der Waals surface area contributed by atoms with E-state index in [0.29, 0.717) is 18.1 Å². The van der Waals surface area contributed by atoms with Crippen LogP contribution in [0.3, 0.4) is 0 Å². The number of benzene rings is 7. The van der Waals surface area contributed by atoms with E-state index in [-0.39, 0.29) is 52.9 Å². The summed E-state index contributed by atoms with van der Waals surface area (Å²) in [7, 11) is 1.62. The van der Waals surface area contributed by atoms with Crippen LogP contribution in [0.1, 0.15) is 33.4 Å². The molecule has 2 heterocycles. The van der Waals surface area contributed by atoms with Gasteiger partial charge in [0.25, 0.3) is 0 Å². The van der Waals surface area contributed by atoms with Gasteiger partial charge in [0, 0.05) is 0 Å². The molecule has 7 aromatic carbocycles. The van der Waals surface area contributed by atoms with Gasteiger partial charge in [-0.1, -0.05) is 188 Å². The van der Waals surface area contributed by atoms with Gasteiger partial charge in [0.2, 0.25) is 6.29 Å². The van der Waals surface area contributed by atoms with E-state index in [9.17, 15) is 0 Å². The second-order valence-electron chi connectivity index (χ2n) is 18.5. The highest BCUT2D eigenvalue weighted by Gasteiger charge is 2.55. The maximum Gasteiger partial charge on any atom is 0.229 e. The van der Waals surface area contributed by atoms with Crippen LogP contribution in [0, 0.1) is 12.3 Å². The lowest BCUT2D eigenvalue weighted by Crippen LogP contribution is -2.66. The Kier molecular flexibility index (Phi) is 20.6. The van der Waals surface area contributed by atoms with Crippen molar-refractivity contribution in [3.63, 3.8) is 0 Å². The first-order valence-electron chi connectivity index (χ1n) is 25.8. The maximum atomic E-state index is 7.53. The maximum absolute atomic E-state index is 7.53. The highest BCUT2D eigenvalue weighted by molar-refractivity contribution is 5.31. The van der Waals surface area contributed by atoms with E-state index in [1.54, 1.807) is 7.11 Å². The predicted octanol–water partition coefficient (Wildman–Crippen LogP) is 10.7. The van der Waals surface area contributed by atoms with E-state index in [2.05, 4.69) is 5.92 Å². The molecule has 10 atom stereocenters. The standard InChI is InChI=1S/C64H66O12/c1-3-38-66-45-55-57(68-40-48-24-12-5-13-25-48)59(69-41-49-26-14-6-15-27-49)61(71-43-51-30-18-8-19-31-51)64(74-55)76-58-56(46-67-39-47-22-10-4-11-23-47)75-63(73-54-36-34-53(65-2)35-37-54)62(72-44-52-32-20-9-21-33-52)60(58)70-42-50-28-16-7-17-29-50/h1,4-37,55-64H,38-46H2,2H3/t55-,56-,57-,58-,59+,60+,61-,62-,63-,64-/m1/s1. The highest BCUT2D eigenvalue weighted by atomic mass is 16.8. The van der Waals surface area contributed by atoms with Crippen molar-refractivity contribution in [2.24, 2.45) is 0 Å². The van der Waals surface area contributed by atoms with E-state index in [1.807, 2.05) is 206 Å². The van der Waals surface area contributed by atoms with Crippen molar-refractivity contribution in [3.05, 3.63) is 240 Å². The molecule has 0 aliphatic carbocycles. The fraction of sp³-hybridized carbons (Fsp3) is 0.312. The minimum atomic E-state index is -1.15. The Bertz CT molecular complexity index is 2730. The molecule has 2 fully saturated rings. The average molecular weight is 1030 g/mol. The molecule has 76 heavy (non-hydrogen) atoms. The van der Waals surface area contributed by atoms with Crippen LogP contribution < -0.4 is 9.47 Å². The molecule has 2 aliphatic rings. The Morgan fingerprint density at radius 1 is 0.368 bits per heavy atom. The Hall–Kier alpha value is -6.70. The summed E-state index contributed by atoms with van der Waals surface area (Å²) in [5.41, 5.74) is 5.74. The molecule has 394 valence electrons. The Morgan fingerprint density at radius 2 is 0.711 bits per heavy atom. The van der Waals surface area contributed by atoms with Crippen molar-refractivity contribution >= 4 is 0 Å². The molecule has 2 saturated heterocycles. The lowest BCUT2D eigenvalue weighted by molar-refractivity contribution is -0.371. The first kappa shape index (κ1) is 54.1. The molecule has 0 bridgehead atoms. The molecule has 9 rings (SSSR count). The Morgan fingerprint density at radius 3 is 1.14 bits per heavy atom. The molecule has 0 aromatic heterocycles. The minimum Gasteiger partial charge on any atom is -0.497 e. The van der Waals surface area contributed by atoms with Crippen LogP contribution in [-0.2, 0) is 87.0 Å². The molecule has 7 aromatic rings. The summed E-state index contributed by atoms with van der Waals surface area (Å²) in [6.45, 7) is 1.55. The number of hydrogen-bond acceptors (Lipinski definition) is 12. The van der Waals surface area contributed by atoms with Crippen LogP contribution >= 0.6 is 0 Å². The molecule has 2 aliphatic heterocycles. The number of hydrogen-bond donors (Lipinski definition) is 0. The summed E-state index contributed by atoms with van der Waals surface area (Å²) in [5, 5.41) is 0. The normalized spacial score (nSPS) is 23.3. The zero-order chi connectivity index (χ0) is 52.0. The smallest absolute Gasteiger partial charge is 0.229 e. The number of ether oxygens (including phenoxy) is 12. The highest BCUT2D eigenvalue weighted by Crippen LogP contribution is 2.37. The van der Waals surface area contributed by atoms with E-state index in [4.69, 9.17) is 63.3 Å². The van der Waals surface area contributed by atoms with Crippen molar-refractivity contribution in [1.29, 1.82) is 0 Å². The average Bonchev–Trinajstić information content (AvgIpc) is 3.53. The predicted molar refractivity (Wildman–Crippen MR) is 287 cm³/mol. The van der Waals surface area contributed by atoms with E-state index in [1.165, 1.54) is 0 Å². The van der Waals surface area contributed by atoms with Gasteiger partial charge >= 0.3 is 0 Å². The number of rotatable bonds is 27. The lowest BCUT2D eigenvalue weighted by atomic mass is 9.95. The van der Waals surface area contributed by atoms with Crippen molar-refractivity contribution in [3.8, 4) is 23.8 Å². The second-order valence-corrected chi connectivity index (χ2v) is 18.5. The van der Waals surface area contributed by atoms with Gasteiger partial charge in [-0.3, -0.25) is 0 Å². The Labute approximate surface area is 446 Å². The summed E-state index contributed by atoms with van der Waals surface area (Å²) < 4.78 is 82.0. The fourth-order valence-electron chi connectivity index (χ4n) is 9.20. The third-order valence-corrected chi connectivity index (χ3v) is 13.1. The minimum absolute atomic E-state index is 0.0446. The summed E-state index contributed by atoms with van der Waals surface area (Å²) >= 11 is 0. The molecule has 12 heteroatoms. The molecular formula is C64H66O12.